The van der Waals surface area contributed by atoms with Gasteiger partial charge in [-0.3, -0.25) is 4.99 Å². The molecule has 0 aliphatic heterocycles. The standard InChI is InChI=1S/C21H23FN4O3S/c1-23-21(24-11-17-10-18(22)9-8-16(17)14-30(2,27)28)25-12-19-13-29-20(26-19)15-6-4-3-5-7-15/h3-10,13H,11-12,14H2,1-2H3,(H2,23,24,25). The number of guanidine groups is 1. The molecule has 0 aliphatic carbocycles. The van der Waals surface area contributed by atoms with Gasteiger partial charge in [-0.2, -0.15) is 0 Å². The van der Waals surface area contributed by atoms with Gasteiger partial charge >= 0.3 is 0 Å². The van der Waals surface area contributed by atoms with Crippen LogP contribution in [0.15, 0.2) is 64.2 Å². The fraction of sp³-hybridized carbons (Fsp3) is 0.238. The molecule has 30 heavy (non-hydrogen) atoms. The molecule has 0 spiro atoms. The molecule has 0 bridgehead atoms. The van der Waals surface area contributed by atoms with E-state index in [1.54, 1.807) is 13.3 Å². The summed E-state index contributed by atoms with van der Waals surface area (Å²) in [6.07, 6.45) is 2.72. The second-order valence-electron chi connectivity index (χ2n) is 6.77. The lowest BCUT2D eigenvalue weighted by Crippen LogP contribution is -2.36. The molecule has 7 nitrogen and oxygen atoms in total. The van der Waals surface area contributed by atoms with Crippen LogP contribution in [0.25, 0.3) is 11.5 Å². The number of hydrogen-bond donors (Lipinski definition) is 2. The third kappa shape index (κ3) is 6.15. The van der Waals surface area contributed by atoms with Crippen LogP contribution < -0.4 is 10.6 Å². The number of aromatic nitrogens is 1. The average Bonchev–Trinajstić information content (AvgIpc) is 3.19. The SMILES string of the molecule is CN=C(NCc1coc(-c2ccccc2)n1)NCc1cc(F)ccc1CS(C)(=O)=O. The molecular formula is C21H23FN4O3S. The van der Waals surface area contributed by atoms with E-state index in [-0.39, 0.29) is 12.3 Å². The first-order chi connectivity index (χ1) is 14.3. The van der Waals surface area contributed by atoms with Crippen molar-refractivity contribution in [3.05, 3.63) is 77.4 Å². The molecule has 3 rings (SSSR count). The summed E-state index contributed by atoms with van der Waals surface area (Å²) < 4.78 is 42.4. The Morgan fingerprint density at radius 1 is 1.10 bits per heavy atom. The number of halogens is 1. The Labute approximate surface area is 175 Å². The van der Waals surface area contributed by atoms with Gasteiger partial charge in [-0.15, -0.1) is 0 Å². The average molecular weight is 431 g/mol. The highest BCUT2D eigenvalue weighted by Crippen LogP contribution is 2.18. The van der Waals surface area contributed by atoms with E-state index < -0.39 is 15.7 Å². The zero-order chi connectivity index (χ0) is 21.6. The molecule has 1 heterocycles. The smallest absolute Gasteiger partial charge is 0.226 e. The highest BCUT2D eigenvalue weighted by atomic mass is 32.2. The van der Waals surface area contributed by atoms with E-state index in [9.17, 15) is 12.8 Å². The first-order valence-electron chi connectivity index (χ1n) is 9.23. The van der Waals surface area contributed by atoms with E-state index in [1.165, 1.54) is 18.2 Å². The maximum Gasteiger partial charge on any atom is 0.226 e. The monoisotopic (exact) mass is 430 g/mol. The van der Waals surface area contributed by atoms with Crippen LogP contribution in [0.1, 0.15) is 16.8 Å². The van der Waals surface area contributed by atoms with Gasteiger partial charge in [0, 0.05) is 25.4 Å². The Bertz CT molecular complexity index is 1130. The molecule has 0 radical (unpaired) electrons. The molecule has 0 unspecified atom stereocenters. The number of hydrogen-bond acceptors (Lipinski definition) is 5. The van der Waals surface area contributed by atoms with Crippen molar-refractivity contribution in [2.24, 2.45) is 4.99 Å². The minimum absolute atomic E-state index is 0.155. The van der Waals surface area contributed by atoms with Crippen LogP contribution in [0.2, 0.25) is 0 Å². The van der Waals surface area contributed by atoms with Crippen molar-refractivity contribution < 1.29 is 17.2 Å². The number of nitrogens with zero attached hydrogens (tertiary/aromatic N) is 2. The predicted octanol–water partition coefficient (Wildman–Crippen LogP) is 2.89. The first-order valence-corrected chi connectivity index (χ1v) is 11.3. The summed E-state index contributed by atoms with van der Waals surface area (Å²) in [6.45, 7) is 0.589. The lowest BCUT2D eigenvalue weighted by Gasteiger charge is -2.13. The van der Waals surface area contributed by atoms with Crippen molar-refractivity contribution in [3.63, 3.8) is 0 Å². The number of benzene rings is 2. The topological polar surface area (TPSA) is 96.6 Å². The Balaban J connectivity index is 1.61. The largest absolute Gasteiger partial charge is 0.444 e. The summed E-state index contributed by atoms with van der Waals surface area (Å²) in [5.41, 5.74) is 2.68. The molecule has 0 saturated carbocycles. The van der Waals surface area contributed by atoms with Crippen LogP contribution in [-0.2, 0) is 28.7 Å². The van der Waals surface area contributed by atoms with E-state index in [1.807, 2.05) is 30.3 Å². The van der Waals surface area contributed by atoms with Crippen LogP contribution in [0, 0.1) is 5.82 Å². The minimum Gasteiger partial charge on any atom is -0.444 e. The highest BCUT2D eigenvalue weighted by Gasteiger charge is 2.12. The van der Waals surface area contributed by atoms with Crippen molar-refractivity contribution in [2.75, 3.05) is 13.3 Å². The fourth-order valence-electron chi connectivity index (χ4n) is 2.86. The lowest BCUT2D eigenvalue weighted by molar-refractivity contribution is 0.572. The molecule has 0 amide bonds. The van der Waals surface area contributed by atoms with Gasteiger partial charge in [-0.05, 0) is 35.4 Å². The summed E-state index contributed by atoms with van der Waals surface area (Å²) >= 11 is 0. The molecule has 0 fully saturated rings. The molecular weight excluding hydrogens is 407 g/mol. The third-order valence-electron chi connectivity index (χ3n) is 4.27. The van der Waals surface area contributed by atoms with Crippen LogP contribution in [0.4, 0.5) is 4.39 Å². The fourth-order valence-corrected chi connectivity index (χ4v) is 3.70. The molecule has 9 heteroatoms. The van der Waals surface area contributed by atoms with Crippen LogP contribution >= 0.6 is 0 Å². The van der Waals surface area contributed by atoms with Crippen molar-refractivity contribution in [1.29, 1.82) is 0 Å². The van der Waals surface area contributed by atoms with E-state index >= 15 is 0 Å². The number of sulfone groups is 1. The summed E-state index contributed by atoms with van der Waals surface area (Å²) in [5.74, 6) is 0.412. The van der Waals surface area contributed by atoms with Gasteiger partial charge in [0.2, 0.25) is 5.89 Å². The van der Waals surface area contributed by atoms with Gasteiger partial charge in [-0.1, -0.05) is 24.3 Å². The zero-order valence-electron chi connectivity index (χ0n) is 16.7. The molecule has 158 valence electrons. The quantitative estimate of drug-likeness (QED) is 0.442. The summed E-state index contributed by atoms with van der Waals surface area (Å²) in [6, 6.07) is 13.6. The molecule has 2 N–H and O–H groups in total. The van der Waals surface area contributed by atoms with Gasteiger partial charge in [0.05, 0.1) is 18.0 Å². The van der Waals surface area contributed by atoms with E-state index in [2.05, 4.69) is 20.6 Å². The molecule has 0 aliphatic rings. The molecule has 3 aromatic rings. The van der Waals surface area contributed by atoms with Gasteiger partial charge in [0.25, 0.3) is 0 Å². The Kier molecular flexibility index (Phi) is 6.83. The second kappa shape index (κ2) is 9.53. The van der Waals surface area contributed by atoms with E-state index in [4.69, 9.17) is 4.42 Å². The van der Waals surface area contributed by atoms with Crippen molar-refractivity contribution in [3.8, 4) is 11.5 Å². The Hall–Kier alpha value is -3.20. The van der Waals surface area contributed by atoms with Gasteiger partial charge in [0.15, 0.2) is 15.8 Å². The highest BCUT2D eigenvalue weighted by molar-refractivity contribution is 7.89. The van der Waals surface area contributed by atoms with Crippen LogP contribution in [0.5, 0.6) is 0 Å². The molecule has 1 aromatic heterocycles. The Morgan fingerprint density at radius 2 is 1.83 bits per heavy atom. The summed E-state index contributed by atoms with van der Waals surface area (Å²) in [7, 11) is -1.63. The normalized spacial score (nSPS) is 12.0. The van der Waals surface area contributed by atoms with Crippen molar-refractivity contribution >= 4 is 15.8 Å². The molecule has 2 aromatic carbocycles. The van der Waals surface area contributed by atoms with E-state index in [0.717, 1.165) is 11.8 Å². The number of rotatable bonds is 7. The maximum atomic E-state index is 13.7. The molecule has 0 saturated heterocycles. The van der Waals surface area contributed by atoms with Crippen molar-refractivity contribution in [2.45, 2.75) is 18.8 Å². The maximum absolute atomic E-state index is 13.7. The predicted molar refractivity (Wildman–Crippen MR) is 114 cm³/mol. The van der Waals surface area contributed by atoms with Gasteiger partial charge in [0.1, 0.15) is 12.1 Å². The third-order valence-corrected chi connectivity index (χ3v) is 5.10. The zero-order valence-corrected chi connectivity index (χ0v) is 17.5. The number of aliphatic imine (C=N–C) groups is 1. The van der Waals surface area contributed by atoms with Gasteiger partial charge < -0.3 is 15.1 Å². The Morgan fingerprint density at radius 3 is 2.53 bits per heavy atom. The number of nitrogens with one attached hydrogen (secondary N) is 2. The van der Waals surface area contributed by atoms with Crippen LogP contribution in [0.3, 0.4) is 0 Å². The minimum atomic E-state index is -3.24. The number of oxazole rings is 1. The summed E-state index contributed by atoms with van der Waals surface area (Å²) in [4.78, 5) is 8.58. The summed E-state index contributed by atoms with van der Waals surface area (Å²) in [5, 5.41) is 6.17. The van der Waals surface area contributed by atoms with E-state index in [0.29, 0.717) is 35.2 Å². The van der Waals surface area contributed by atoms with Crippen molar-refractivity contribution in [1.82, 2.24) is 15.6 Å². The molecule has 0 atom stereocenters. The lowest BCUT2D eigenvalue weighted by atomic mass is 10.1. The first kappa shape index (κ1) is 21.5. The second-order valence-corrected chi connectivity index (χ2v) is 8.91. The van der Waals surface area contributed by atoms with Crippen LogP contribution in [-0.4, -0.2) is 32.7 Å². The van der Waals surface area contributed by atoms with Gasteiger partial charge in [-0.25, -0.2) is 17.8 Å².